The molecule has 0 radical (unpaired) electrons. The molecule has 0 atom stereocenters. The minimum atomic E-state index is -0.435. The molecule has 19 heavy (non-hydrogen) atoms. The molecule has 0 aliphatic carbocycles. The molecule has 8 heteroatoms. The lowest BCUT2D eigenvalue weighted by Crippen LogP contribution is -3.00. The maximum atomic E-state index is 11.2. The zero-order valence-corrected chi connectivity index (χ0v) is 14.0. The Morgan fingerprint density at radius 1 is 1.16 bits per heavy atom. The van der Waals surface area contributed by atoms with Crippen LogP contribution < -0.4 is 28.5 Å². The van der Waals surface area contributed by atoms with E-state index in [4.69, 9.17) is 11.6 Å². The van der Waals surface area contributed by atoms with E-state index < -0.39 is 5.37 Å². The van der Waals surface area contributed by atoms with Crippen molar-refractivity contribution in [2.75, 3.05) is 28.2 Å². The molecule has 0 aromatic carbocycles. The van der Waals surface area contributed by atoms with Crippen LogP contribution >= 0.6 is 11.6 Å². The highest BCUT2D eigenvalue weighted by atomic mass is 127. The molecule has 0 spiro atoms. The average Bonchev–Trinajstić information content (AvgIpc) is 2.64. The highest BCUT2D eigenvalue weighted by Crippen LogP contribution is 1.87. The topological polar surface area (TPSA) is 49.4 Å². The molecule has 1 heterocycles. The van der Waals surface area contributed by atoms with Crippen molar-refractivity contribution in [3.63, 3.8) is 0 Å². The van der Waals surface area contributed by atoms with Crippen LogP contribution in [0.4, 0.5) is 9.59 Å². The Morgan fingerprint density at radius 2 is 1.58 bits per heavy atom. The van der Waals surface area contributed by atoms with Gasteiger partial charge in [0.2, 0.25) is 0 Å². The third kappa shape index (κ3) is 9.71. The summed E-state index contributed by atoms with van der Waals surface area (Å²) in [5, 5.41) is -0.435. The molecule has 0 N–H and O–H groups in total. The normalized spacial score (nSPS) is 8.11. The van der Waals surface area contributed by atoms with Crippen molar-refractivity contribution in [1.29, 1.82) is 0 Å². The van der Waals surface area contributed by atoms with Crippen molar-refractivity contribution in [3.05, 3.63) is 18.7 Å². The summed E-state index contributed by atoms with van der Waals surface area (Å²) in [5.41, 5.74) is 0. The second-order valence-corrected chi connectivity index (χ2v) is 4.13. The van der Waals surface area contributed by atoms with Crippen molar-refractivity contribution in [2.24, 2.45) is 7.05 Å². The van der Waals surface area contributed by atoms with Gasteiger partial charge in [0.25, 0.3) is 6.33 Å². The second kappa shape index (κ2) is 11.0. The van der Waals surface area contributed by atoms with Crippen molar-refractivity contribution in [1.82, 2.24) is 14.4 Å². The van der Waals surface area contributed by atoms with Crippen LogP contribution in [0.25, 0.3) is 0 Å². The zero-order chi connectivity index (χ0) is 13.6. The Hall–Kier alpha value is -0.830. The molecule has 1 rings (SSSR count). The quantitative estimate of drug-likeness (QED) is 0.226. The molecule has 1 aromatic heterocycles. The second-order valence-electron chi connectivity index (χ2n) is 3.81. The van der Waals surface area contributed by atoms with E-state index in [-0.39, 0.29) is 37.4 Å². The van der Waals surface area contributed by atoms with Crippen molar-refractivity contribution >= 4 is 23.0 Å². The summed E-state index contributed by atoms with van der Waals surface area (Å²) >= 11 is 4.90. The van der Waals surface area contributed by atoms with Crippen molar-refractivity contribution in [2.45, 2.75) is 7.43 Å². The van der Waals surface area contributed by atoms with Crippen LogP contribution in [-0.2, 0) is 7.05 Å². The van der Waals surface area contributed by atoms with Gasteiger partial charge >= 0.3 is 11.4 Å². The smallest absolute Gasteiger partial charge is 0.415 e. The summed E-state index contributed by atoms with van der Waals surface area (Å²) in [4.78, 5) is 23.9. The molecule has 0 aliphatic heterocycles. The van der Waals surface area contributed by atoms with E-state index in [9.17, 15) is 9.59 Å². The standard InChI is InChI=1S/C7H12N3O.C3H6ClNO.CH4.HI/c1-8(2)7(11)10-5-4-9(3)6-10;1-5(2)3(4)6;;/h4-6H,1-3H3;1-2H3;1H4;1H/q+1;;;/p-1. The minimum Gasteiger partial charge on any atom is -1.00 e. The van der Waals surface area contributed by atoms with Gasteiger partial charge in [0, 0.05) is 28.2 Å². The largest absolute Gasteiger partial charge is 1.00 e. The Labute approximate surface area is 137 Å². The molecule has 1 aromatic rings. The van der Waals surface area contributed by atoms with Crippen LogP contribution in [0.15, 0.2) is 18.7 Å². The van der Waals surface area contributed by atoms with Crippen LogP contribution in [-0.4, -0.2) is 54.0 Å². The van der Waals surface area contributed by atoms with E-state index in [1.165, 1.54) is 14.4 Å². The highest BCUT2D eigenvalue weighted by Gasteiger charge is 2.12. The fourth-order valence-corrected chi connectivity index (χ4v) is 0.794. The molecule has 0 saturated heterocycles. The predicted octanol–water partition coefficient (Wildman–Crippen LogP) is -1.61. The van der Waals surface area contributed by atoms with Crippen LogP contribution in [0.3, 0.4) is 0 Å². The number of aryl methyl sites for hydroxylation is 1. The average molecular weight is 405 g/mol. The number of halogens is 2. The fourth-order valence-electron chi connectivity index (χ4n) is 0.794. The Morgan fingerprint density at radius 3 is 1.79 bits per heavy atom. The van der Waals surface area contributed by atoms with E-state index in [2.05, 4.69) is 0 Å². The minimum absolute atomic E-state index is 0. The molecule has 6 nitrogen and oxygen atoms in total. The van der Waals surface area contributed by atoms with Crippen LogP contribution in [0.1, 0.15) is 7.43 Å². The van der Waals surface area contributed by atoms with Crippen LogP contribution in [0.5, 0.6) is 0 Å². The first-order valence-corrected chi connectivity index (χ1v) is 5.25. The van der Waals surface area contributed by atoms with Gasteiger partial charge in [-0.25, -0.2) is 9.36 Å². The molecule has 0 saturated carbocycles. The fraction of sp³-hybridized carbons (Fsp3) is 0.545. The molecule has 0 fully saturated rings. The number of imidazole rings is 1. The van der Waals surface area contributed by atoms with Gasteiger partial charge in [-0.05, 0) is 11.6 Å². The molecule has 2 amide bonds. The lowest BCUT2D eigenvalue weighted by Gasteiger charge is -2.03. The molecule has 112 valence electrons. The van der Waals surface area contributed by atoms with E-state index >= 15 is 0 Å². The predicted molar refractivity (Wildman–Crippen MR) is 71.8 cm³/mol. The number of carbonyl (C=O) groups is 2. The Balaban J connectivity index is -0.000000282. The molecule has 0 bridgehead atoms. The van der Waals surface area contributed by atoms with Gasteiger partial charge in [-0.15, -0.1) is 0 Å². The Bertz CT molecular complexity index is 394. The monoisotopic (exact) mass is 404 g/mol. The van der Waals surface area contributed by atoms with Crippen LogP contribution in [0.2, 0.25) is 0 Å². The van der Waals surface area contributed by atoms with Gasteiger partial charge in [-0.1, -0.05) is 7.43 Å². The molecular formula is C11H22ClIN4O2. The molecule has 0 aliphatic rings. The van der Waals surface area contributed by atoms with Gasteiger partial charge in [-0.3, -0.25) is 4.79 Å². The number of hydrogen-bond acceptors (Lipinski definition) is 2. The van der Waals surface area contributed by atoms with Gasteiger partial charge in [0.05, 0.1) is 7.05 Å². The van der Waals surface area contributed by atoms with E-state index in [0.29, 0.717) is 0 Å². The maximum absolute atomic E-state index is 11.2. The lowest BCUT2D eigenvalue weighted by atomic mass is 10.8. The van der Waals surface area contributed by atoms with Gasteiger partial charge in [-0.2, -0.15) is 4.57 Å². The third-order valence-corrected chi connectivity index (χ3v) is 2.06. The maximum Gasteiger partial charge on any atom is 0.415 e. The molecule has 0 unspecified atom stereocenters. The third-order valence-electron chi connectivity index (χ3n) is 1.72. The van der Waals surface area contributed by atoms with Gasteiger partial charge in [0.1, 0.15) is 12.4 Å². The summed E-state index contributed by atoms with van der Waals surface area (Å²) in [6.07, 6.45) is 5.27. The van der Waals surface area contributed by atoms with E-state index in [1.807, 2.05) is 17.8 Å². The lowest BCUT2D eigenvalue weighted by molar-refractivity contribution is -0.670. The van der Waals surface area contributed by atoms with E-state index in [1.54, 1.807) is 40.7 Å². The summed E-state index contributed by atoms with van der Waals surface area (Å²) in [6.45, 7) is 0. The molecular weight excluding hydrogens is 383 g/mol. The number of nitrogens with zero attached hydrogens (tertiary/aromatic N) is 4. The number of aromatic nitrogens is 2. The summed E-state index contributed by atoms with van der Waals surface area (Å²) in [7, 11) is 8.51. The Kier molecular flexibility index (Phi) is 13.5. The number of rotatable bonds is 0. The van der Waals surface area contributed by atoms with Gasteiger partial charge in [0.15, 0.2) is 0 Å². The first-order valence-electron chi connectivity index (χ1n) is 4.87. The van der Waals surface area contributed by atoms with Gasteiger partial charge < -0.3 is 33.8 Å². The van der Waals surface area contributed by atoms with Crippen molar-refractivity contribution in [3.8, 4) is 0 Å². The number of amides is 2. The highest BCUT2D eigenvalue weighted by molar-refractivity contribution is 6.62. The first-order chi connectivity index (χ1) is 7.75. The summed E-state index contributed by atoms with van der Waals surface area (Å²) < 4.78 is 3.35. The van der Waals surface area contributed by atoms with Crippen molar-refractivity contribution < 1.29 is 38.1 Å². The number of carbonyl (C=O) groups excluding carboxylic acids is 2. The van der Waals surface area contributed by atoms with E-state index in [0.717, 1.165) is 0 Å². The number of hydrogen-bond donors (Lipinski definition) is 0. The first kappa shape index (κ1) is 23.3. The zero-order valence-electron chi connectivity index (χ0n) is 11.1. The van der Waals surface area contributed by atoms with Crippen LogP contribution in [0, 0.1) is 0 Å². The summed E-state index contributed by atoms with van der Waals surface area (Å²) in [6, 6.07) is -0.0365. The summed E-state index contributed by atoms with van der Waals surface area (Å²) in [5.74, 6) is 0. The SMILES string of the molecule is C.CN(C)C(=O)Cl.CN(C)C(=O)n1cc[n+](C)c1.[I-].